The summed E-state index contributed by atoms with van der Waals surface area (Å²) in [5.41, 5.74) is 0. The fourth-order valence-electron chi connectivity index (χ4n) is 5.03. The highest BCUT2D eigenvalue weighted by Gasteiger charge is 2.25. The minimum atomic E-state index is 1.08. The van der Waals surface area contributed by atoms with Crippen LogP contribution in [-0.2, 0) is 0 Å². The third-order valence-corrected chi connectivity index (χ3v) is 7.07. The highest BCUT2D eigenvalue weighted by atomic mass is 14.3. The lowest BCUT2D eigenvalue weighted by molar-refractivity contribution is 0.323. The number of unbranched alkanes of at least 4 members (excludes halogenated alkanes) is 13. The van der Waals surface area contributed by atoms with Crippen molar-refractivity contribution in [3.05, 3.63) is 24.8 Å². The Morgan fingerprint density at radius 1 is 0.548 bits per heavy atom. The summed E-state index contributed by atoms with van der Waals surface area (Å²) in [5.74, 6) is 2.17. The van der Waals surface area contributed by atoms with Gasteiger partial charge in [0.25, 0.3) is 0 Å². The van der Waals surface area contributed by atoms with Crippen molar-refractivity contribution in [2.45, 2.75) is 162 Å². The van der Waals surface area contributed by atoms with Crippen LogP contribution in [0.2, 0.25) is 0 Å². The zero-order chi connectivity index (χ0) is 22.8. The fraction of sp³-hybridized carbons (Fsp3) is 0.871. The predicted octanol–water partition coefficient (Wildman–Crippen LogP) is 11.6. The Kier molecular flexibility index (Phi) is 25.3. The van der Waals surface area contributed by atoms with E-state index in [9.17, 15) is 0 Å². The maximum atomic E-state index is 3.55. The van der Waals surface area contributed by atoms with E-state index in [1.807, 2.05) is 6.08 Å². The standard InChI is InChI=1S/C26H50.C5H10/c1-3-5-7-9-11-12-13-14-15-17-19-22-26-24-20-23-25(26)21-18-16-10-8-6-4-2;1-3-5-4-2/h12-13,25-26H,3-11,14-24H2,1-2H3;3H,1,4-5H2,2H3/b13-12+;/t25-,26-;/m0./s1. The topological polar surface area (TPSA) is 0 Å². The average molecular weight is 433 g/mol. The van der Waals surface area contributed by atoms with Crippen molar-refractivity contribution in [2.24, 2.45) is 11.8 Å². The van der Waals surface area contributed by atoms with Crippen molar-refractivity contribution in [3.63, 3.8) is 0 Å². The lowest BCUT2D eigenvalue weighted by Gasteiger charge is -2.19. The summed E-state index contributed by atoms with van der Waals surface area (Å²) in [6, 6.07) is 0. The van der Waals surface area contributed by atoms with Crippen LogP contribution in [0.15, 0.2) is 24.8 Å². The first kappa shape index (κ1) is 30.5. The van der Waals surface area contributed by atoms with Crippen LogP contribution in [0.4, 0.5) is 0 Å². The van der Waals surface area contributed by atoms with Crippen molar-refractivity contribution in [1.82, 2.24) is 0 Å². The molecular weight excluding hydrogens is 372 g/mol. The zero-order valence-corrected chi connectivity index (χ0v) is 22.2. The summed E-state index contributed by atoms with van der Waals surface area (Å²) in [6.07, 6.45) is 38.2. The fourth-order valence-corrected chi connectivity index (χ4v) is 5.03. The minimum Gasteiger partial charge on any atom is -0.103 e. The lowest BCUT2D eigenvalue weighted by Crippen LogP contribution is -2.08. The van der Waals surface area contributed by atoms with Gasteiger partial charge in [0.15, 0.2) is 0 Å². The van der Waals surface area contributed by atoms with Crippen molar-refractivity contribution < 1.29 is 0 Å². The highest BCUT2D eigenvalue weighted by Crippen LogP contribution is 2.38. The second kappa shape index (κ2) is 25.7. The number of allylic oxidation sites excluding steroid dienone is 3. The molecule has 1 fully saturated rings. The molecule has 0 saturated heterocycles. The van der Waals surface area contributed by atoms with Crippen LogP contribution in [-0.4, -0.2) is 0 Å². The Hall–Kier alpha value is -0.520. The molecule has 0 aromatic carbocycles. The zero-order valence-electron chi connectivity index (χ0n) is 22.2. The smallest absolute Gasteiger partial charge is 0.0351 e. The molecule has 0 heteroatoms. The molecule has 184 valence electrons. The molecule has 1 aliphatic carbocycles. The summed E-state index contributed by atoms with van der Waals surface area (Å²) in [4.78, 5) is 0. The molecule has 0 unspecified atom stereocenters. The van der Waals surface area contributed by atoms with Crippen LogP contribution < -0.4 is 0 Å². The van der Waals surface area contributed by atoms with E-state index in [2.05, 4.69) is 39.5 Å². The number of hydrogen-bond acceptors (Lipinski definition) is 0. The average Bonchev–Trinajstić information content (AvgIpc) is 3.22. The van der Waals surface area contributed by atoms with E-state index in [0.29, 0.717) is 0 Å². The Labute approximate surface area is 198 Å². The predicted molar refractivity (Wildman–Crippen MR) is 145 cm³/mol. The molecule has 0 radical (unpaired) electrons. The number of rotatable bonds is 20. The third kappa shape index (κ3) is 21.1. The largest absolute Gasteiger partial charge is 0.103 e. The van der Waals surface area contributed by atoms with Gasteiger partial charge >= 0.3 is 0 Å². The molecule has 0 amide bonds. The van der Waals surface area contributed by atoms with E-state index in [0.717, 1.165) is 18.3 Å². The molecule has 0 aliphatic heterocycles. The van der Waals surface area contributed by atoms with Crippen LogP contribution in [0.25, 0.3) is 0 Å². The molecule has 31 heavy (non-hydrogen) atoms. The van der Waals surface area contributed by atoms with E-state index in [1.54, 1.807) is 6.42 Å². The molecule has 2 atom stereocenters. The normalized spacial score (nSPS) is 18.3. The minimum absolute atomic E-state index is 1.08. The molecule has 0 N–H and O–H groups in total. The monoisotopic (exact) mass is 432 g/mol. The van der Waals surface area contributed by atoms with Crippen molar-refractivity contribution in [1.29, 1.82) is 0 Å². The van der Waals surface area contributed by atoms with Gasteiger partial charge in [-0.25, -0.2) is 0 Å². The summed E-state index contributed by atoms with van der Waals surface area (Å²) >= 11 is 0. The van der Waals surface area contributed by atoms with Gasteiger partial charge in [-0.05, 0) is 43.9 Å². The van der Waals surface area contributed by atoms with E-state index in [4.69, 9.17) is 0 Å². The van der Waals surface area contributed by atoms with Crippen LogP contribution in [0.1, 0.15) is 162 Å². The van der Waals surface area contributed by atoms with E-state index < -0.39 is 0 Å². The molecule has 1 rings (SSSR count). The van der Waals surface area contributed by atoms with E-state index in [-0.39, 0.29) is 0 Å². The SMILES string of the molecule is C=CCCC.CCCCCC/C=C/CCCCC[C@H]1CCC[C@@H]1CCCCCCCC. The van der Waals surface area contributed by atoms with Gasteiger partial charge in [0.2, 0.25) is 0 Å². The van der Waals surface area contributed by atoms with Crippen molar-refractivity contribution in [3.8, 4) is 0 Å². The maximum Gasteiger partial charge on any atom is -0.0351 e. The van der Waals surface area contributed by atoms with Crippen LogP contribution >= 0.6 is 0 Å². The number of hydrogen-bond donors (Lipinski definition) is 0. The maximum absolute atomic E-state index is 3.55. The first-order valence-corrected chi connectivity index (χ1v) is 14.6. The van der Waals surface area contributed by atoms with Gasteiger partial charge in [-0.1, -0.05) is 148 Å². The Bertz CT molecular complexity index is 366. The van der Waals surface area contributed by atoms with Gasteiger partial charge in [0.1, 0.15) is 0 Å². The van der Waals surface area contributed by atoms with E-state index in [1.165, 1.54) is 128 Å². The molecule has 0 bridgehead atoms. The quantitative estimate of drug-likeness (QED) is 0.132. The van der Waals surface area contributed by atoms with Gasteiger partial charge in [0, 0.05) is 0 Å². The van der Waals surface area contributed by atoms with Crippen LogP contribution in [0.3, 0.4) is 0 Å². The molecule has 0 heterocycles. The lowest BCUT2D eigenvalue weighted by atomic mass is 9.87. The van der Waals surface area contributed by atoms with Gasteiger partial charge in [-0.2, -0.15) is 0 Å². The summed E-state index contributed by atoms with van der Waals surface area (Å²) in [6.45, 7) is 10.3. The Morgan fingerprint density at radius 3 is 1.45 bits per heavy atom. The molecule has 0 aromatic rings. The van der Waals surface area contributed by atoms with Crippen molar-refractivity contribution >= 4 is 0 Å². The second-order valence-electron chi connectivity index (χ2n) is 10.0. The van der Waals surface area contributed by atoms with Gasteiger partial charge in [0.05, 0.1) is 0 Å². The summed E-state index contributed by atoms with van der Waals surface area (Å²) in [7, 11) is 0. The molecule has 0 nitrogen and oxygen atoms in total. The molecular formula is C31H60. The highest BCUT2D eigenvalue weighted by molar-refractivity contribution is 4.82. The van der Waals surface area contributed by atoms with Gasteiger partial charge in [-0.3, -0.25) is 0 Å². The van der Waals surface area contributed by atoms with Crippen LogP contribution in [0.5, 0.6) is 0 Å². The molecule has 1 aliphatic rings. The van der Waals surface area contributed by atoms with Gasteiger partial charge < -0.3 is 0 Å². The van der Waals surface area contributed by atoms with Gasteiger partial charge in [-0.15, -0.1) is 6.58 Å². The molecule has 0 spiro atoms. The summed E-state index contributed by atoms with van der Waals surface area (Å²) in [5, 5.41) is 0. The third-order valence-electron chi connectivity index (χ3n) is 7.07. The van der Waals surface area contributed by atoms with E-state index >= 15 is 0 Å². The first-order valence-electron chi connectivity index (χ1n) is 14.6. The molecule has 0 aromatic heterocycles. The Morgan fingerprint density at radius 2 is 1.00 bits per heavy atom. The first-order chi connectivity index (χ1) is 15.3. The Balaban J connectivity index is 0.00000161. The van der Waals surface area contributed by atoms with Crippen molar-refractivity contribution in [2.75, 3.05) is 0 Å². The molecule has 1 saturated carbocycles. The van der Waals surface area contributed by atoms with Crippen LogP contribution in [0, 0.1) is 11.8 Å². The summed E-state index contributed by atoms with van der Waals surface area (Å²) < 4.78 is 0. The second-order valence-corrected chi connectivity index (χ2v) is 10.0.